The smallest absolute Gasteiger partial charge is 0.332 e. The van der Waals surface area contributed by atoms with Crippen LogP contribution in [0.3, 0.4) is 0 Å². The van der Waals surface area contributed by atoms with Gasteiger partial charge in [-0.2, -0.15) is 0 Å². The van der Waals surface area contributed by atoms with Gasteiger partial charge in [0.15, 0.2) is 0 Å². The fourth-order valence-electron chi connectivity index (χ4n) is 4.71. The molecule has 1 atom stereocenters. The highest BCUT2D eigenvalue weighted by Gasteiger charge is 2.29. The van der Waals surface area contributed by atoms with E-state index in [0.717, 1.165) is 56.1 Å². The Labute approximate surface area is 195 Å². The molecule has 0 saturated carbocycles. The zero-order valence-corrected chi connectivity index (χ0v) is 19.6. The molecule has 0 spiro atoms. The predicted octanol–water partition coefficient (Wildman–Crippen LogP) is 1.34. The lowest BCUT2D eigenvalue weighted by atomic mass is 9.91. The number of aliphatic imine (C=N–C) groups is 1. The third kappa shape index (κ3) is 4.16. The molecule has 1 unspecified atom stereocenters. The van der Waals surface area contributed by atoms with Crippen molar-refractivity contribution in [1.82, 2.24) is 28.9 Å². The zero-order chi connectivity index (χ0) is 22.9. The van der Waals surface area contributed by atoms with E-state index in [2.05, 4.69) is 44.1 Å². The van der Waals surface area contributed by atoms with Crippen LogP contribution in [0, 0.1) is 5.92 Å². The topological polar surface area (TPSA) is 97.4 Å². The van der Waals surface area contributed by atoms with E-state index in [-0.39, 0.29) is 17.2 Å². The van der Waals surface area contributed by atoms with Crippen molar-refractivity contribution in [3.05, 3.63) is 61.6 Å². The highest BCUT2D eigenvalue weighted by molar-refractivity contribution is 7.03. The van der Waals surface area contributed by atoms with Gasteiger partial charge in [-0.25, -0.2) is 9.79 Å². The third-order valence-electron chi connectivity index (χ3n) is 6.59. The van der Waals surface area contributed by atoms with Crippen LogP contribution < -0.4 is 16.6 Å². The average Bonchev–Trinajstić information content (AvgIpc) is 3.32. The predicted molar refractivity (Wildman–Crippen MR) is 129 cm³/mol. The van der Waals surface area contributed by atoms with E-state index in [1.54, 1.807) is 7.05 Å². The molecule has 1 fully saturated rings. The highest BCUT2D eigenvalue weighted by Crippen LogP contribution is 2.28. The van der Waals surface area contributed by atoms with Crippen molar-refractivity contribution in [1.29, 1.82) is 0 Å². The van der Waals surface area contributed by atoms with Crippen LogP contribution >= 0.6 is 11.5 Å². The summed E-state index contributed by atoms with van der Waals surface area (Å²) in [6.45, 7) is 3.51. The van der Waals surface area contributed by atoms with Crippen molar-refractivity contribution in [2.75, 3.05) is 26.2 Å². The first kappa shape index (κ1) is 21.7. The van der Waals surface area contributed by atoms with E-state index >= 15 is 0 Å². The second kappa shape index (κ2) is 9.03. The molecule has 33 heavy (non-hydrogen) atoms. The van der Waals surface area contributed by atoms with E-state index in [1.807, 2.05) is 5.38 Å². The van der Waals surface area contributed by atoms with E-state index in [4.69, 9.17) is 4.99 Å². The van der Waals surface area contributed by atoms with Gasteiger partial charge in [0.25, 0.3) is 5.56 Å². The van der Waals surface area contributed by atoms with Gasteiger partial charge in [0.1, 0.15) is 17.3 Å². The number of piperazine rings is 1. The van der Waals surface area contributed by atoms with E-state index in [0.29, 0.717) is 17.8 Å². The fourth-order valence-corrected chi connectivity index (χ4v) is 5.18. The minimum Gasteiger partial charge on any atom is -0.357 e. The van der Waals surface area contributed by atoms with Crippen LogP contribution in [0.1, 0.15) is 17.5 Å². The van der Waals surface area contributed by atoms with Crippen LogP contribution in [0.5, 0.6) is 0 Å². The number of amidine groups is 1. The second-order valence-corrected chi connectivity index (χ2v) is 9.25. The van der Waals surface area contributed by atoms with Gasteiger partial charge in [-0.1, -0.05) is 28.8 Å². The Morgan fingerprint density at radius 1 is 1.09 bits per heavy atom. The lowest BCUT2D eigenvalue weighted by Crippen LogP contribution is -2.48. The Hall–Kier alpha value is -3.11. The van der Waals surface area contributed by atoms with E-state index in [9.17, 15) is 9.59 Å². The lowest BCUT2D eigenvalue weighted by molar-refractivity contribution is 0.337. The van der Waals surface area contributed by atoms with Gasteiger partial charge >= 0.3 is 5.69 Å². The second-order valence-electron chi connectivity index (χ2n) is 8.64. The molecule has 1 N–H and O–H groups in total. The summed E-state index contributed by atoms with van der Waals surface area (Å²) < 4.78 is 6.64. The van der Waals surface area contributed by atoms with Crippen molar-refractivity contribution < 1.29 is 0 Å². The number of hydrogen-bond donors (Lipinski definition) is 1. The van der Waals surface area contributed by atoms with Crippen LogP contribution in [0.15, 0.2) is 44.2 Å². The molecule has 0 amide bonds. The molecule has 1 aromatic carbocycles. The van der Waals surface area contributed by atoms with Gasteiger partial charge < -0.3 is 10.2 Å². The highest BCUT2D eigenvalue weighted by atomic mass is 32.1. The SMILES string of the molecule is Cn1c2c(c(=O)n(C)c1=O)CCC(Cc1ccc(-c3csnn3)cc1)C(N1CCNCC1)=N2. The normalized spacial score (nSPS) is 18.5. The number of nitrogens with one attached hydrogen (secondary N) is 1. The lowest BCUT2D eigenvalue weighted by Gasteiger charge is -2.34. The molecule has 2 aliphatic heterocycles. The summed E-state index contributed by atoms with van der Waals surface area (Å²) in [5, 5.41) is 9.48. The van der Waals surface area contributed by atoms with Crippen LogP contribution in [-0.2, 0) is 26.9 Å². The first-order chi connectivity index (χ1) is 16.0. The molecule has 10 heteroatoms. The Bertz CT molecular complexity index is 1290. The first-order valence-electron chi connectivity index (χ1n) is 11.2. The number of aromatic nitrogens is 4. The third-order valence-corrected chi connectivity index (χ3v) is 7.09. The molecule has 0 radical (unpaired) electrons. The molecule has 0 aliphatic carbocycles. The van der Waals surface area contributed by atoms with Crippen molar-refractivity contribution in [3.63, 3.8) is 0 Å². The molecular weight excluding hydrogens is 438 g/mol. The van der Waals surface area contributed by atoms with Gasteiger partial charge in [0, 0.05) is 57.1 Å². The maximum absolute atomic E-state index is 12.9. The number of fused-ring (bicyclic) bond motifs is 1. The van der Waals surface area contributed by atoms with Gasteiger partial charge in [-0.3, -0.25) is 13.9 Å². The summed E-state index contributed by atoms with van der Waals surface area (Å²) in [5.74, 6) is 1.64. The van der Waals surface area contributed by atoms with Crippen LogP contribution in [0.25, 0.3) is 11.3 Å². The molecule has 0 bridgehead atoms. The largest absolute Gasteiger partial charge is 0.357 e. The first-order valence-corrected chi connectivity index (χ1v) is 12.1. The molecule has 5 rings (SSSR count). The summed E-state index contributed by atoms with van der Waals surface area (Å²) in [5.41, 5.74) is 3.20. The Kier molecular flexibility index (Phi) is 5.94. The molecule has 2 aromatic heterocycles. The summed E-state index contributed by atoms with van der Waals surface area (Å²) >= 11 is 1.34. The van der Waals surface area contributed by atoms with E-state index < -0.39 is 0 Å². The molecule has 3 aromatic rings. The van der Waals surface area contributed by atoms with Crippen molar-refractivity contribution in [2.24, 2.45) is 25.0 Å². The van der Waals surface area contributed by atoms with Crippen molar-refractivity contribution >= 4 is 23.2 Å². The number of benzene rings is 1. The molecule has 2 aliphatic rings. The van der Waals surface area contributed by atoms with Crippen molar-refractivity contribution in [3.8, 4) is 11.3 Å². The summed E-state index contributed by atoms with van der Waals surface area (Å²) in [7, 11) is 3.24. The Balaban J connectivity index is 1.51. The maximum atomic E-state index is 12.9. The quantitative estimate of drug-likeness (QED) is 0.627. The molecule has 9 nitrogen and oxygen atoms in total. The minimum absolute atomic E-state index is 0.155. The Morgan fingerprint density at radius 3 is 2.55 bits per heavy atom. The molecule has 172 valence electrons. The van der Waals surface area contributed by atoms with Gasteiger partial charge in [-0.15, -0.1) is 5.10 Å². The minimum atomic E-state index is -0.340. The monoisotopic (exact) mass is 465 g/mol. The summed E-state index contributed by atoms with van der Waals surface area (Å²) in [4.78, 5) is 32.8. The number of hydrogen-bond acceptors (Lipinski definition) is 8. The van der Waals surface area contributed by atoms with Crippen LogP contribution in [0.2, 0.25) is 0 Å². The van der Waals surface area contributed by atoms with Crippen molar-refractivity contribution in [2.45, 2.75) is 19.3 Å². The average molecular weight is 466 g/mol. The Morgan fingerprint density at radius 2 is 1.85 bits per heavy atom. The molecule has 4 heterocycles. The van der Waals surface area contributed by atoms with Gasteiger partial charge in [0.2, 0.25) is 0 Å². The van der Waals surface area contributed by atoms with Gasteiger partial charge in [-0.05, 0) is 36.4 Å². The van der Waals surface area contributed by atoms with Gasteiger partial charge in [0.05, 0.1) is 5.56 Å². The molecular formula is C23H27N7O2S. The summed E-state index contributed by atoms with van der Waals surface area (Å²) in [6.07, 6.45) is 2.23. The zero-order valence-electron chi connectivity index (χ0n) is 18.8. The number of rotatable bonds is 3. The number of nitrogens with zero attached hydrogens (tertiary/aromatic N) is 6. The van der Waals surface area contributed by atoms with E-state index in [1.165, 1.54) is 33.3 Å². The summed E-state index contributed by atoms with van der Waals surface area (Å²) in [6, 6.07) is 8.44. The van der Waals surface area contributed by atoms with Crippen LogP contribution in [0.4, 0.5) is 5.82 Å². The maximum Gasteiger partial charge on any atom is 0.332 e. The fraction of sp³-hybridized carbons (Fsp3) is 0.435. The van der Waals surface area contributed by atoms with Crippen LogP contribution in [-0.4, -0.2) is 55.6 Å². The molecule has 1 saturated heterocycles. The standard InChI is InChI=1S/C23H27N7O2S/c1-28-21-18(22(31)29(2)23(28)32)8-7-17(20(25-21)30-11-9-24-10-12-30)13-15-3-5-16(6-4-15)19-14-33-27-26-19/h3-6,14,17,24H,7-13H2,1-2H3.